The highest BCUT2D eigenvalue weighted by molar-refractivity contribution is 5.80. The molecule has 11 heteroatoms. The Morgan fingerprint density at radius 1 is 0.574 bits per heavy atom. The van der Waals surface area contributed by atoms with Gasteiger partial charge in [0.05, 0.1) is 25.4 Å². The first-order valence-electron chi connectivity index (χ1n) is 27.9. The van der Waals surface area contributed by atoms with Gasteiger partial charge in [0.1, 0.15) is 24.4 Å². The van der Waals surface area contributed by atoms with Crippen molar-refractivity contribution in [2.45, 2.75) is 288 Å². The van der Waals surface area contributed by atoms with E-state index in [4.69, 9.17) is 14.2 Å². The van der Waals surface area contributed by atoms with Crippen LogP contribution in [0.1, 0.15) is 239 Å². The minimum atomic E-state index is -1.62. The molecule has 0 bridgehead atoms. The van der Waals surface area contributed by atoms with Crippen molar-refractivity contribution in [1.29, 1.82) is 0 Å². The van der Waals surface area contributed by atoms with Gasteiger partial charge in [-0.05, 0) is 77.0 Å². The van der Waals surface area contributed by atoms with Crippen LogP contribution in [-0.2, 0) is 23.8 Å². The van der Waals surface area contributed by atoms with Gasteiger partial charge in [-0.1, -0.05) is 204 Å². The van der Waals surface area contributed by atoms with Crippen LogP contribution < -0.4 is 5.32 Å². The molecule has 1 amide bonds. The fourth-order valence-corrected chi connectivity index (χ4v) is 8.43. The second-order valence-corrected chi connectivity index (χ2v) is 19.3. The number of ether oxygens (including phenoxy) is 3. The minimum Gasteiger partial charge on any atom is -0.454 e. The van der Waals surface area contributed by atoms with Crippen LogP contribution in [0.5, 0.6) is 0 Å². The Hall–Kier alpha value is -2.38. The van der Waals surface area contributed by atoms with Crippen LogP contribution in [0, 0.1) is 0 Å². The minimum absolute atomic E-state index is 0.112. The molecule has 1 aliphatic heterocycles. The standard InChI is InChI=1S/C57H103NO10/c1-4-7-10-13-16-19-22-24-25-26-27-30-32-35-38-41-44-50(61)56(65)58-48(49(60)43-40-37-34-31-29-23-20-17-14-11-8-5-2)47-66-57-55(54(64)53(63)51(46-59)67-57)68-52(62)45-42-39-36-33-28-21-18-15-12-9-6-3/h15-16,18-19,24-25,40,43,48-51,53-55,57,59-61,63-64H,4-14,17,20-23,26-39,41-42,44-47H2,1-3H3,(H,58,65)/b18-15-,19-16-,25-24-,43-40+. The molecular weight excluding hydrogens is 859 g/mol. The fraction of sp³-hybridized carbons (Fsp3) is 0.825. The van der Waals surface area contributed by atoms with Crippen LogP contribution in [-0.4, -0.2) is 99.6 Å². The molecule has 1 saturated heterocycles. The summed E-state index contributed by atoms with van der Waals surface area (Å²) in [6.07, 6.45) is 43.0. The number of hydrogen-bond acceptors (Lipinski definition) is 10. The number of amides is 1. The Morgan fingerprint density at radius 3 is 1.59 bits per heavy atom. The smallest absolute Gasteiger partial charge is 0.306 e. The second kappa shape index (κ2) is 45.7. The third-order valence-corrected chi connectivity index (χ3v) is 13.0. The number of nitrogens with one attached hydrogen (secondary N) is 1. The van der Waals surface area contributed by atoms with E-state index in [0.717, 1.165) is 103 Å². The largest absolute Gasteiger partial charge is 0.454 e. The number of hydrogen-bond donors (Lipinski definition) is 6. The molecule has 0 aromatic heterocycles. The summed E-state index contributed by atoms with van der Waals surface area (Å²) in [6, 6.07) is -1.03. The number of rotatable bonds is 46. The highest BCUT2D eigenvalue weighted by Crippen LogP contribution is 2.26. The molecule has 8 unspecified atom stereocenters. The Kier molecular flexibility index (Phi) is 42.8. The average molecular weight is 962 g/mol. The van der Waals surface area contributed by atoms with Crippen molar-refractivity contribution >= 4 is 11.9 Å². The molecule has 1 heterocycles. The molecule has 1 fully saturated rings. The van der Waals surface area contributed by atoms with Gasteiger partial charge >= 0.3 is 5.97 Å². The zero-order valence-corrected chi connectivity index (χ0v) is 43.5. The molecule has 1 rings (SSSR count). The number of carbonyl (C=O) groups is 2. The first-order chi connectivity index (χ1) is 33.2. The van der Waals surface area contributed by atoms with E-state index in [9.17, 15) is 35.1 Å². The summed E-state index contributed by atoms with van der Waals surface area (Å²) in [4.78, 5) is 26.4. The van der Waals surface area contributed by atoms with Gasteiger partial charge in [-0.2, -0.15) is 0 Å². The number of aliphatic hydroxyl groups excluding tert-OH is 5. The molecule has 0 aliphatic carbocycles. The molecule has 0 aromatic carbocycles. The van der Waals surface area contributed by atoms with Gasteiger partial charge in [-0.15, -0.1) is 0 Å². The second-order valence-electron chi connectivity index (χ2n) is 19.3. The Labute approximate surface area is 415 Å². The van der Waals surface area contributed by atoms with Crippen molar-refractivity contribution in [2.24, 2.45) is 0 Å². The molecular formula is C57H103NO10. The van der Waals surface area contributed by atoms with Crippen molar-refractivity contribution in [2.75, 3.05) is 13.2 Å². The third kappa shape index (κ3) is 34.0. The predicted octanol–water partition coefficient (Wildman–Crippen LogP) is 12.1. The van der Waals surface area contributed by atoms with Crippen LogP contribution in [0.3, 0.4) is 0 Å². The molecule has 0 spiro atoms. The van der Waals surface area contributed by atoms with Gasteiger partial charge in [0, 0.05) is 6.42 Å². The summed E-state index contributed by atoms with van der Waals surface area (Å²) in [5.41, 5.74) is 0. The normalized spacial score (nSPS) is 20.3. The molecule has 68 heavy (non-hydrogen) atoms. The maximum Gasteiger partial charge on any atom is 0.306 e. The number of allylic oxidation sites excluding steroid dienone is 7. The van der Waals surface area contributed by atoms with Gasteiger partial charge in [0.25, 0.3) is 0 Å². The SMILES string of the molecule is CCCC/C=C\CCCCCCCC(=O)OC1C(OCC(NC(=O)C(O)CCCCCCCC/C=C\C/C=C\CCCCC)C(O)/C=C/CCCCCCCCCCCC)OC(CO)C(O)C1O. The van der Waals surface area contributed by atoms with Crippen LogP contribution in [0.25, 0.3) is 0 Å². The predicted molar refractivity (Wildman–Crippen MR) is 278 cm³/mol. The van der Waals surface area contributed by atoms with E-state index in [0.29, 0.717) is 12.8 Å². The summed E-state index contributed by atoms with van der Waals surface area (Å²) < 4.78 is 17.5. The lowest BCUT2D eigenvalue weighted by Crippen LogP contribution is -2.61. The van der Waals surface area contributed by atoms with E-state index in [1.54, 1.807) is 6.08 Å². The quantitative estimate of drug-likeness (QED) is 0.0196. The van der Waals surface area contributed by atoms with Crippen molar-refractivity contribution in [3.8, 4) is 0 Å². The maximum atomic E-state index is 13.4. The lowest BCUT2D eigenvalue weighted by atomic mass is 9.99. The summed E-state index contributed by atoms with van der Waals surface area (Å²) >= 11 is 0. The van der Waals surface area contributed by atoms with Crippen LogP contribution in [0.2, 0.25) is 0 Å². The first-order valence-corrected chi connectivity index (χ1v) is 27.9. The molecule has 11 nitrogen and oxygen atoms in total. The van der Waals surface area contributed by atoms with E-state index in [-0.39, 0.29) is 19.4 Å². The highest BCUT2D eigenvalue weighted by Gasteiger charge is 2.47. The summed E-state index contributed by atoms with van der Waals surface area (Å²) in [5.74, 6) is -1.21. The van der Waals surface area contributed by atoms with E-state index in [1.807, 2.05) is 6.08 Å². The molecule has 0 aromatic rings. The van der Waals surface area contributed by atoms with Crippen molar-refractivity contribution in [3.63, 3.8) is 0 Å². The number of unbranched alkanes of at least 4 members (excludes halogenated alkanes) is 26. The van der Waals surface area contributed by atoms with Crippen molar-refractivity contribution in [1.82, 2.24) is 5.32 Å². The molecule has 396 valence electrons. The summed E-state index contributed by atoms with van der Waals surface area (Å²) in [6.45, 7) is 5.69. The van der Waals surface area contributed by atoms with E-state index in [1.165, 1.54) is 89.9 Å². The Morgan fingerprint density at radius 2 is 1.03 bits per heavy atom. The Balaban J connectivity index is 2.76. The Bertz CT molecular complexity index is 1290. The van der Waals surface area contributed by atoms with Crippen LogP contribution >= 0.6 is 0 Å². The maximum absolute atomic E-state index is 13.4. The molecule has 0 radical (unpaired) electrons. The monoisotopic (exact) mass is 962 g/mol. The highest BCUT2D eigenvalue weighted by atomic mass is 16.7. The zero-order valence-electron chi connectivity index (χ0n) is 43.5. The fourth-order valence-electron chi connectivity index (χ4n) is 8.43. The van der Waals surface area contributed by atoms with Crippen molar-refractivity contribution in [3.05, 3.63) is 48.6 Å². The van der Waals surface area contributed by atoms with Gasteiger partial charge in [-0.25, -0.2) is 0 Å². The van der Waals surface area contributed by atoms with Gasteiger partial charge in [-0.3, -0.25) is 9.59 Å². The van der Waals surface area contributed by atoms with E-state index in [2.05, 4.69) is 62.5 Å². The molecule has 6 N–H and O–H groups in total. The number of esters is 1. The van der Waals surface area contributed by atoms with Gasteiger partial charge < -0.3 is 45.1 Å². The van der Waals surface area contributed by atoms with Crippen molar-refractivity contribution < 1.29 is 49.3 Å². The molecule has 1 aliphatic rings. The van der Waals surface area contributed by atoms with Gasteiger partial charge in [0.2, 0.25) is 5.91 Å². The third-order valence-electron chi connectivity index (χ3n) is 13.0. The number of carbonyl (C=O) groups excluding carboxylic acids is 2. The van der Waals surface area contributed by atoms with Gasteiger partial charge in [0.15, 0.2) is 12.4 Å². The van der Waals surface area contributed by atoms with Crippen LogP contribution in [0.4, 0.5) is 0 Å². The average Bonchev–Trinajstić information content (AvgIpc) is 3.33. The molecule has 0 saturated carbocycles. The zero-order chi connectivity index (χ0) is 49.7. The first kappa shape index (κ1) is 63.6. The summed E-state index contributed by atoms with van der Waals surface area (Å²) in [5, 5.41) is 56.7. The summed E-state index contributed by atoms with van der Waals surface area (Å²) in [7, 11) is 0. The lowest BCUT2D eigenvalue weighted by molar-refractivity contribution is -0.305. The van der Waals surface area contributed by atoms with E-state index < -0.39 is 67.4 Å². The van der Waals surface area contributed by atoms with E-state index >= 15 is 0 Å². The topological polar surface area (TPSA) is 175 Å². The lowest BCUT2D eigenvalue weighted by Gasteiger charge is -2.41. The van der Waals surface area contributed by atoms with Crippen LogP contribution in [0.15, 0.2) is 48.6 Å². The number of aliphatic hydroxyl groups is 5. The molecule has 8 atom stereocenters.